The van der Waals surface area contributed by atoms with Crippen molar-refractivity contribution in [1.82, 2.24) is 0 Å². The zero-order valence-corrected chi connectivity index (χ0v) is 9.26. The van der Waals surface area contributed by atoms with E-state index in [-0.39, 0.29) is 10.6 Å². The summed E-state index contributed by atoms with van der Waals surface area (Å²) in [6.45, 7) is 1.79. The SMILES string of the molecule is Cc1ccc(S(C)(=O)=O)c(NC(N)=O)c1. The van der Waals surface area contributed by atoms with E-state index >= 15 is 0 Å². The van der Waals surface area contributed by atoms with Crippen LogP contribution in [0.2, 0.25) is 0 Å². The van der Waals surface area contributed by atoms with Crippen LogP contribution in [-0.2, 0) is 9.84 Å². The van der Waals surface area contributed by atoms with Gasteiger partial charge in [-0.2, -0.15) is 0 Å². The van der Waals surface area contributed by atoms with Crippen LogP contribution in [0.25, 0.3) is 0 Å². The molecule has 0 aromatic heterocycles. The summed E-state index contributed by atoms with van der Waals surface area (Å²) in [5, 5.41) is 2.28. The minimum Gasteiger partial charge on any atom is -0.351 e. The first-order valence-corrected chi connectivity index (χ1v) is 6.07. The Kier molecular flexibility index (Phi) is 2.99. The van der Waals surface area contributed by atoms with Gasteiger partial charge in [-0.1, -0.05) is 6.07 Å². The summed E-state index contributed by atoms with van der Waals surface area (Å²) < 4.78 is 22.7. The molecule has 0 aliphatic heterocycles. The highest BCUT2D eigenvalue weighted by atomic mass is 32.2. The average molecular weight is 228 g/mol. The molecule has 0 saturated heterocycles. The van der Waals surface area contributed by atoms with E-state index in [1.807, 2.05) is 0 Å². The molecule has 82 valence electrons. The molecule has 2 amide bonds. The number of hydrogen-bond donors (Lipinski definition) is 2. The summed E-state index contributed by atoms with van der Waals surface area (Å²) >= 11 is 0. The number of primary amides is 1. The highest BCUT2D eigenvalue weighted by Gasteiger charge is 2.13. The fraction of sp³-hybridized carbons (Fsp3) is 0.222. The van der Waals surface area contributed by atoms with Crippen molar-refractivity contribution < 1.29 is 13.2 Å². The summed E-state index contributed by atoms with van der Waals surface area (Å²) in [6, 6.07) is 3.87. The van der Waals surface area contributed by atoms with Crippen LogP contribution in [-0.4, -0.2) is 20.7 Å². The van der Waals surface area contributed by atoms with Gasteiger partial charge < -0.3 is 11.1 Å². The van der Waals surface area contributed by atoms with E-state index in [9.17, 15) is 13.2 Å². The summed E-state index contributed by atoms with van der Waals surface area (Å²) in [5.41, 5.74) is 5.99. The van der Waals surface area contributed by atoms with Gasteiger partial charge in [0.25, 0.3) is 0 Å². The van der Waals surface area contributed by atoms with E-state index < -0.39 is 15.9 Å². The molecule has 0 heterocycles. The molecule has 0 saturated carbocycles. The first kappa shape index (κ1) is 11.5. The van der Waals surface area contributed by atoms with Crippen molar-refractivity contribution in [2.45, 2.75) is 11.8 Å². The second-order valence-electron chi connectivity index (χ2n) is 3.26. The van der Waals surface area contributed by atoms with Gasteiger partial charge in [-0.25, -0.2) is 13.2 Å². The maximum Gasteiger partial charge on any atom is 0.316 e. The Hall–Kier alpha value is -1.56. The van der Waals surface area contributed by atoms with Crippen LogP contribution in [0.4, 0.5) is 10.5 Å². The number of amides is 2. The third-order valence-corrected chi connectivity index (χ3v) is 2.95. The topological polar surface area (TPSA) is 89.3 Å². The summed E-state index contributed by atoms with van der Waals surface area (Å²) in [4.78, 5) is 10.7. The number of carbonyl (C=O) groups is 1. The lowest BCUT2D eigenvalue weighted by atomic mass is 10.2. The van der Waals surface area contributed by atoms with Crippen molar-refractivity contribution in [3.8, 4) is 0 Å². The monoisotopic (exact) mass is 228 g/mol. The smallest absolute Gasteiger partial charge is 0.316 e. The van der Waals surface area contributed by atoms with Crippen LogP contribution < -0.4 is 11.1 Å². The van der Waals surface area contributed by atoms with E-state index in [1.165, 1.54) is 6.07 Å². The van der Waals surface area contributed by atoms with Crippen LogP contribution in [0.3, 0.4) is 0 Å². The maximum absolute atomic E-state index is 11.4. The quantitative estimate of drug-likeness (QED) is 0.787. The number of nitrogens with two attached hydrogens (primary N) is 1. The Morgan fingerprint density at radius 3 is 2.47 bits per heavy atom. The van der Waals surface area contributed by atoms with Crippen LogP contribution in [0, 0.1) is 6.92 Å². The number of aryl methyl sites for hydroxylation is 1. The summed E-state index contributed by atoms with van der Waals surface area (Å²) in [7, 11) is -3.37. The molecule has 6 heteroatoms. The Bertz CT molecular complexity index is 494. The van der Waals surface area contributed by atoms with Crippen LogP contribution in [0.15, 0.2) is 23.1 Å². The average Bonchev–Trinajstić information content (AvgIpc) is 1.99. The molecule has 1 rings (SSSR count). The third kappa shape index (κ3) is 2.95. The van der Waals surface area contributed by atoms with Crippen molar-refractivity contribution in [2.24, 2.45) is 5.73 Å². The molecule has 0 bridgehead atoms. The molecule has 1 aromatic carbocycles. The molecule has 5 nitrogen and oxygen atoms in total. The normalized spacial score (nSPS) is 11.1. The van der Waals surface area contributed by atoms with Gasteiger partial charge in [-0.15, -0.1) is 0 Å². The molecule has 3 N–H and O–H groups in total. The number of nitrogens with one attached hydrogen (secondary N) is 1. The lowest BCUT2D eigenvalue weighted by Crippen LogP contribution is -2.20. The van der Waals surface area contributed by atoms with E-state index in [0.29, 0.717) is 0 Å². The zero-order chi connectivity index (χ0) is 11.6. The first-order chi connectivity index (χ1) is 6.80. The minimum atomic E-state index is -3.37. The van der Waals surface area contributed by atoms with Crippen LogP contribution in [0.1, 0.15) is 5.56 Å². The fourth-order valence-corrected chi connectivity index (χ4v) is 2.02. The van der Waals surface area contributed by atoms with Gasteiger partial charge in [0.15, 0.2) is 9.84 Å². The lowest BCUT2D eigenvalue weighted by molar-refractivity contribution is 0.259. The van der Waals surface area contributed by atoms with Gasteiger partial charge in [0, 0.05) is 6.26 Å². The van der Waals surface area contributed by atoms with E-state index in [2.05, 4.69) is 5.32 Å². The largest absolute Gasteiger partial charge is 0.351 e. The summed E-state index contributed by atoms with van der Waals surface area (Å²) in [5.74, 6) is 0. The van der Waals surface area contributed by atoms with Gasteiger partial charge in [-0.3, -0.25) is 0 Å². The van der Waals surface area contributed by atoms with Crippen LogP contribution >= 0.6 is 0 Å². The minimum absolute atomic E-state index is 0.0619. The molecule has 0 unspecified atom stereocenters. The van der Waals surface area contributed by atoms with Gasteiger partial charge in [0.1, 0.15) is 0 Å². The lowest BCUT2D eigenvalue weighted by Gasteiger charge is -2.08. The molecule has 0 radical (unpaired) electrons. The number of rotatable bonds is 2. The second kappa shape index (κ2) is 3.90. The Morgan fingerprint density at radius 2 is 2.00 bits per heavy atom. The Morgan fingerprint density at radius 1 is 1.40 bits per heavy atom. The number of benzene rings is 1. The van der Waals surface area contributed by atoms with E-state index in [4.69, 9.17) is 5.73 Å². The highest BCUT2D eigenvalue weighted by molar-refractivity contribution is 7.90. The van der Waals surface area contributed by atoms with Gasteiger partial charge in [0.2, 0.25) is 0 Å². The highest BCUT2D eigenvalue weighted by Crippen LogP contribution is 2.22. The standard InChI is InChI=1S/C9H12N2O3S/c1-6-3-4-8(15(2,13)14)7(5-6)11-9(10)12/h3-5H,1-2H3,(H3,10,11,12). The Labute approximate surface area is 88.2 Å². The first-order valence-electron chi connectivity index (χ1n) is 4.18. The van der Waals surface area contributed by atoms with Crippen molar-refractivity contribution in [1.29, 1.82) is 0 Å². The molecule has 0 aliphatic carbocycles. The molecule has 0 atom stereocenters. The predicted molar refractivity (Wildman–Crippen MR) is 57.5 cm³/mol. The van der Waals surface area contributed by atoms with Gasteiger partial charge >= 0.3 is 6.03 Å². The van der Waals surface area contributed by atoms with Gasteiger partial charge in [0.05, 0.1) is 10.6 Å². The molecule has 1 aromatic rings. The zero-order valence-electron chi connectivity index (χ0n) is 8.44. The molecule has 0 aliphatic rings. The van der Waals surface area contributed by atoms with E-state index in [1.54, 1.807) is 19.1 Å². The van der Waals surface area contributed by atoms with Crippen molar-refractivity contribution in [3.05, 3.63) is 23.8 Å². The third-order valence-electron chi connectivity index (χ3n) is 1.79. The van der Waals surface area contributed by atoms with Crippen LogP contribution in [0.5, 0.6) is 0 Å². The predicted octanol–water partition coefficient (Wildman–Crippen LogP) is 0.889. The second-order valence-corrected chi connectivity index (χ2v) is 5.25. The molecule has 0 fully saturated rings. The van der Waals surface area contributed by atoms with Gasteiger partial charge in [-0.05, 0) is 24.6 Å². The molecule has 0 spiro atoms. The van der Waals surface area contributed by atoms with Crippen molar-refractivity contribution >= 4 is 21.6 Å². The van der Waals surface area contributed by atoms with E-state index in [0.717, 1.165) is 11.8 Å². The number of hydrogen-bond acceptors (Lipinski definition) is 3. The number of urea groups is 1. The number of carbonyl (C=O) groups excluding carboxylic acids is 1. The van der Waals surface area contributed by atoms with Crippen molar-refractivity contribution in [3.63, 3.8) is 0 Å². The Balaban J connectivity index is 3.33. The maximum atomic E-state index is 11.4. The summed E-state index contributed by atoms with van der Waals surface area (Å²) in [6.07, 6.45) is 1.07. The fourth-order valence-electron chi connectivity index (χ4n) is 1.20. The number of anilines is 1. The van der Waals surface area contributed by atoms with Crippen molar-refractivity contribution in [2.75, 3.05) is 11.6 Å². The molecular formula is C9H12N2O3S. The number of sulfone groups is 1. The molecule has 15 heavy (non-hydrogen) atoms. The molecular weight excluding hydrogens is 216 g/mol.